The zero-order valence-corrected chi connectivity index (χ0v) is 10.6. The van der Waals surface area contributed by atoms with Crippen LogP contribution in [0.5, 0.6) is 0 Å². The third kappa shape index (κ3) is 1.80. The van der Waals surface area contributed by atoms with Gasteiger partial charge in [-0.2, -0.15) is 0 Å². The van der Waals surface area contributed by atoms with Gasteiger partial charge in [0.1, 0.15) is 5.52 Å². The smallest absolute Gasteiger partial charge is 0.227 e. The van der Waals surface area contributed by atoms with Gasteiger partial charge >= 0.3 is 0 Å². The standard InChI is InChI=1S/C16H15NO/c1-11(2)13-9-6-10-14-15(13)18-16(17-14)12-7-4-3-5-8-12/h3-11H,1-2H3. The first-order valence-corrected chi connectivity index (χ1v) is 6.20. The van der Waals surface area contributed by atoms with Crippen LogP contribution in [-0.2, 0) is 0 Å². The summed E-state index contributed by atoms with van der Waals surface area (Å²) in [6, 6.07) is 16.1. The lowest BCUT2D eigenvalue weighted by Crippen LogP contribution is -1.86. The van der Waals surface area contributed by atoms with Gasteiger partial charge in [0.25, 0.3) is 0 Å². The highest BCUT2D eigenvalue weighted by Crippen LogP contribution is 2.29. The van der Waals surface area contributed by atoms with Crippen molar-refractivity contribution in [1.82, 2.24) is 4.98 Å². The van der Waals surface area contributed by atoms with Gasteiger partial charge in [-0.05, 0) is 29.7 Å². The first-order chi connectivity index (χ1) is 8.75. The molecule has 2 heteroatoms. The van der Waals surface area contributed by atoms with E-state index in [1.165, 1.54) is 5.56 Å². The Bertz CT molecular complexity index is 668. The molecule has 0 unspecified atom stereocenters. The highest BCUT2D eigenvalue weighted by molar-refractivity contribution is 5.79. The van der Waals surface area contributed by atoms with Crippen molar-refractivity contribution in [2.75, 3.05) is 0 Å². The van der Waals surface area contributed by atoms with Crippen LogP contribution in [0.2, 0.25) is 0 Å². The van der Waals surface area contributed by atoms with Crippen LogP contribution in [0.15, 0.2) is 52.9 Å². The van der Waals surface area contributed by atoms with E-state index < -0.39 is 0 Å². The van der Waals surface area contributed by atoms with Crippen LogP contribution in [0.25, 0.3) is 22.6 Å². The number of aromatic nitrogens is 1. The topological polar surface area (TPSA) is 26.0 Å². The lowest BCUT2D eigenvalue weighted by Gasteiger charge is -2.03. The molecule has 0 N–H and O–H groups in total. The second-order valence-corrected chi connectivity index (χ2v) is 4.74. The Kier molecular flexibility index (Phi) is 2.63. The van der Waals surface area contributed by atoms with E-state index in [-0.39, 0.29) is 0 Å². The molecule has 0 aliphatic carbocycles. The number of hydrogen-bond donors (Lipinski definition) is 0. The number of benzene rings is 2. The van der Waals surface area contributed by atoms with Gasteiger partial charge in [-0.15, -0.1) is 0 Å². The van der Waals surface area contributed by atoms with Gasteiger partial charge in [0.05, 0.1) is 0 Å². The highest BCUT2D eigenvalue weighted by atomic mass is 16.3. The average Bonchev–Trinajstić information content (AvgIpc) is 2.83. The maximum absolute atomic E-state index is 5.94. The Morgan fingerprint density at radius 1 is 0.944 bits per heavy atom. The van der Waals surface area contributed by atoms with Crippen LogP contribution in [0.3, 0.4) is 0 Å². The van der Waals surface area contributed by atoms with Crippen molar-refractivity contribution in [2.45, 2.75) is 19.8 Å². The molecule has 3 rings (SSSR count). The van der Waals surface area contributed by atoms with Crippen molar-refractivity contribution in [3.63, 3.8) is 0 Å². The SMILES string of the molecule is CC(C)c1cccc2nc(-c3ccccc3)oc12. The van der Waals surface area contributed by atoms with Gasteiger partial charge in [-0.3, -0.25) is 0 Å². The second-order valence-electron chi connectivity index (χ2n) is 4.74. The van der Waals surface area contributed by atoms with E-state index in [4.69, 9.17) is 4.42 Å². The Balaban J connectivity index is 2.20. The zero-order valence-electron chi connectivity index (χ0n) is 10.6. The van der Waals surface area contributed by atoms with Crippen LogP contribution in [-0.4, -0.2) is 4.98 Å². The van der Waals surface area contributed by atoms with Crippen LogP contribution >= 0.6 is 0 Å². The predicted molar refractivity (Wildman–Crippen MR) is 73.5 cm³/mol. The van der Waals surface area contributed by atoms with Crippen molar-refractivity contribution in [3.8, 4) is 11.5 Å². The number of oxazole rings is 1. The predicted octanol–water partition coefficient (Wildman–Crippen LogP) is 4.62. The summed E-state index contributed by atoms with van der Waals surface area (Å²) in [4.78, 5) is 4.56. The average molecular weight is 237 g/mol. The normalized spacial score (nSPS) is 11.3. The quantitative estimate of drug-likeness (QED) is 0.650. The molecule has 1 aromatic heterocycles. The third-order valence-corrected chi connectivity index (χ3v) is 3.09. The lowest BCUT2D eigenvalue weighted by molar-refractivity contribution is 0.611. The first kappa shape index (κ1) is 11.0. The van der Waals surface area contributed by atoms with E-state index in [0.29, 0.717) is 11.8 Å². The summed E-state index contributed by atoms with van der Waals surface area (Å²) >= 11 is 0. The molecule has 0 aliphatic rings. The van der Waals surface area contributed by atoms with E-state index in [9.17, 15) is 0 Å². The number of para-hydroxylation sites is 1. The number of rotatable bonds is 2. The van der Waals surface area contributed by atoms with E-state index >= 15 is 0 Å². The summed E-state index contributed by atoms with van der Waals surface area (Å²) in [7, 11) is 0. The Hall–Kier alpha value is -2.09. The minimum absolute atomic E-state index is 0.435. The molecule has 90 valence electrons. The van der Waals surface area contributed by atoms with Crippen molar-refractivity contribution < 1.29 is 4.42 Å². The van der Waals surface area contributed by atoms with Gasteiger partial charge in [-0.1, -0.05) is 44.2 Å². The van der Waals surface area contributed by atoms with E-state index in [0.717, 1.165) is 16.7 Å². The van der Waals surface area contributed by atoms with Crippen molar-refractivity contribution in [3.05, 3.63) is 54.1 Å². The van der Waals surface area contributed by atoms with E-state index in [2.05, 4.69) is 24.9 Å². The molecule has 2 nitrogen and oxygen atoms in total. The lowest BCUT2D eigenvalue weighted by atomic mass is 10.0. The monoisotopic (exact) mass is 237 g/mol. The molecule has 0 atom stereocenters. The van der Waals surface area contributed by atoms with Crippen LogP contribution < -0.4 is 0 Å². The molecule has 0 fully saturated rings. The van der Waals surface area contributed by atoms with Crippen molar-refractivity contribution in [1.29, 1.82) is 0 Å². The molecule has 0 spiro atoms. The maximum atomic E-state index is 5.94. The molecule has 0 bridgehead atoms. The third-order valence-electron chi connectivity index (χ3n) is 3.09. The van der Waals surface area contributed by atoms with Crippen LogP contribution in [0, 0.1) is 0 Å². The summed E-state index contributed by atoms with van der Waals surface area (Å²) in [6.45, 7) is 4.33. The molecule has 1 heterocycles. The fourth-order valence-electron chi connectivity index (χ4n) is 2.13. The molecule has 2 aromatic carbocycles. The minimum Gasteiger partial charge on any atom is -0.436 e. The highest BCUT2D eigenvalue weighted by Gasteiger charge is 2.12. The fourth-order valence-corrected chi connectivity index (χ4v) is 2.13. The van der Waals surface area contributed by atoms with Gasteiger partial charge in [0.2, 0.25) is 5.89 Å². The molecule has 0 amide bonds. The molecule has 0 saturated carbocycles. The molecule has 3 aromatic rings. The van der Waals surface area contributed by atoms with Crippen molar-refractivity contribution >= 4 is 11.1 Å². The summed E-state index contributed by atoms with van der Waals surface area (Å²) in [5.41, 5.74) is 4.07. The molecular formula is C16H15NO. The fraction of sp³-hybridized carbons (Fsp3) is 0.188. The molecule has 0 aliphatic heterocycles. The van der Waals surface area contributed by atoms with Gasteiger partial charge in [-0.25, -0.2) is 4.98 Å². The summed E-state index contributed by atoms with van der Waals surface area (Å²) in [5.74, 6) is 1.13. The minimum atomic E-state index is 0.435. The Morgan fingerprint density at radius 2 is 1.72 bits per heavy atom. The first-order valence-electron chi connectivity index (χ1n) is 6.20. The van der Waals surface area contributed by atoms with E-state index in [1.807, 2.05) is 42.5 Å². The van der Waals surface area contributed by atoms with E-state index in [1.54, 1.807) is 0 Å². The number of nitrogens with zero attached hydrogens (tertiary/aromatic N) is 1. The second kappa shape index (κ2) is 4.30. The van der Waals surface area contributed by atoms with Gasteiger partial charge in [0.15, 0.2) is 5.58 Å². The number of hydrogen-bond acceptors (Lipinski definition) is 2. The van der Waals surface area contributed by atoms with Crippen LogP contribution in [0.4, 0.5) is 0 Å². The largest absolute Gasteiger partial charge is 0.436 e. The molecule has 0 radical (unpaired) electrons. The maximum Gasteiger partial charge on any atom is 0.227 e. The zero-order chi connectivity index (χ0) is 12.5. The summed E-state index contributed by atoms with van der Waals surface area (Å²) in [6.07, 6.45) is 0. The van der Waals surface area contributed by atoms with Crippen LogP contribution in [0.1, 0.15) is 25.3 Å². The summed E-state index contributed by atoms with van der Waals surface area (Å²) in [5, 5.41) is 0. The Labute approximate surface area is 106 Å². The summed E-state index contributed by atoms with van der Waals surface area (Å²) < 4.78 is 5.94. The molecule has 18 heavy (non-hydrogen) atoms. The molecule has 0 saturated heterocycles. The Morgan fingerprint density at radius 3 is 2.44 bits per heavy atom. The number of fused-ring (bicyclic) bond motifs is 1. The molecular weight excluding hydrogens is 222 g/mol. The van der Waals surface area contributed by atoms with Gasteiger partial charge in [0, 0.05) is 5.56 Å². The van der Waals surface area contributed by atoms with Gasteiger partial charge < -0.3 is 4.42 Å². The van der Waals surface area contributed by atoms with Crippen molar-refractivity contribution in [2.24, 2.45) is 0 Å².